The molecule has 0 atom stereocenters. The third-order valence-electron chi connectivity index (χ3n) is 2.62. The molecule has 0 aliphatic carbocycles. The van der Waals surface area contributed by atoms with Crippen molar-refractivity contribution in [3.63, 3.8) is 0 Å². The fourth-order valence-electron chi connectivity index (χ4n) is 1.65. The van der Waals surface area contributed by atoms with E-state index < -0.39 is 16.6 Å². The number of non-ortho nitro benzene ring substituents is 1. The molecule has 0 aliphatic heterocycles. The second-order valence-corrected chi connectivity index (χ2v) is 3.82. The summed E-state index contributed by atoms with van der Waals surface area (Å²) in [5.74, 6) is -1.87. The normalized spacial score (nSPS) is 9.60. The largest absolute Gasteiger partial charge is 1.00 e. The van der Waals surface area contributed by atoms with Crippen molar-refractivity contribution in [3.05, 3.63) is 58.1 Å². The first kappa shape index (κ1) is 16.8. The minimum absolute atomic E-state index is 0. The van der Waals surface area contributed by atoms with Crippen molar-refractivity contribution >= 4 is 11.7 Å². The predicted molar refractivity (Wildman–Crippen MR) is 64.9 cm³/mol. The summed E-state index contributed by atoms with van der Waals surface area (Å²) in [5, 5.41) is 30.8. The van der Waals surface area contributed by atoms with Gasteiger partial charge < -0.3 is 10.2 Å². The molecule has 0 aliphatic rings. The molecule has 20 heavy (non-hydrogen) atoms. The maximum Gasteiger partial charge on any atom is 1.00 e. The first-order valence-corrected chi connectivity index (χ1v) is 5.28. The van der Waals surface area contributed by atoms with Crippen molar-refractivity contribution in [1.82, 2.24) is 0 Å². The van der Waals surface area contributed by atoms with Gasteiger partial charge in [-0.3, -0.25) is 10.1 Å². The Morgan fingerprint density at radius 1 is 1.05 bits per heavy atom. The monoisotopic (exact) mass is 297 g/mol. The SMILES string of the molecule is O=C(O)c1ccc(-c2ccc([N+](=O)[O-])cc2)cc1[O-].[K+]. The Balaban J connectivity index is 0.00000200. The molecular formula is C13H8KNO5. The molecule has 0 saturated carbocycles. The number of benzene rings is 2. The Kier molecular flexibility index (Phi) is 5.84. The average Bonchev–Trinajstić information content (AvgIpc) is 2.38. The number of nitro groups is 1. The Morgan fingerprint density at radius 2 is 1.60 bits per heavy atom. The van der Waals surface area contributed by atoms with E-state index in [0.717, 1.165) is 0 Å². The molecule has 6 nitrogen and oxygen atoms in total. The Morgan fingerprint density at radius 3 is 2.05 bits per heavy atom. The topological polar surface area (TPSA) is 104 Å². The maximum absolute atomic E-state index is 11.5. The fraction of sp³-hybridized carbons (Fsp3) is 0. The van der Waals surface area contributed by atoms with E-state index in [2.05, 4.69) is 0 Å². The van der Waals surface area contributed by atoms with Crippen LogP contribution in [0.4, 0.5) is 5.69 Å². The van der Waals surface area contributed by atoms with Gasteiger partial charge in [0, 0.05) is 12.1 Å². The van der Waals surface area contributed by atoms with Crippen LogP contribution in [0, 0.1) is 10.1 Å². The molecule has 0 bridgehead atoms. The van der Waals surface area contributed by atoms with Gasteiger partial charge in [0.05, 0.1) is 10.5 Å². The quantitative estimate of drug-likeness (QED) is 0.446. The van der Waals surface area contributed by atoms with Crippen LogP contribution >= 0.6 is 0 Å². The molecule has 2 aromatic carbocycles. The predicted octanol–water partition coefficient (Wildman–Crippen LogP) is -0.962. The van der Waals surface area contributed by atoms with Gasteiger partial charge in [0.25, 0.3) is 5.69 Å². The van der Waals surface area contributed by atoms with Crippen LogP contribution in [-0.2, 0) is 0 Å². The molecule has 7 heteroatoms. The number of hydrogen-bond acceptors (Lipinski definition) is 4. The third kappa shape index (κ3) is 3.65. The molecule has 2 aromatic rings. The van der Waals surface area contributed by atoms with Crippen LogP contribution in [0.1, 0.15) is 10.4 Å². The van der Waals surface area contributed by atoms with Crippen LogP contribution in [0.25, 0.3) is 11.1 Å². The molecule has 1 N–H and O–H groups in total. The number of nitrogens with zero attached hydrogens (tertiary/aromatic N) is 1. The smallest absolute Gasteiger partial charge is 0.872 e. The van der Waals surface area contributed by atoms with Crippen LogP contribution in [0.15, 0.2) is 42.5 Å². The molecule has 2 rings (SSSR count). The van der Waals surface area contributed by atoms with E-state index >= 15 is 0 Å². The van der Waals surface area contributed by atoms with Crippen molar-refractivity contribution < 1.29 is 71.3 Å². The zero-order valence-electron chi connectivity index (χ0n) is 10.6. The molecule has 0 amide bonds. The summed E-state index contributed by atoms with van der Waals surface area (Å²) in [7, 11) is 0. The van der Waals surface area contributed by atoms with Crippen LogP contribution in [0.5, 0.6) is 5.75 Å². The Hall–Kier alpha value is -1.25. The first-order valence-electron chi connectivity index (χ1n) is 5.28. The van der Waals surface area contributed by atoms with Gasteiger partial charge in [-0.05, 0) is 29.3 Å². The summed E-state index contributed by atoms with van der Waals surface area (Å²) in [5.41, 5.74) is 0.781. The number of rotatable bonds is 3. The van der Waals surface area contributed by atoms with Crippen LogP contribution in [0.2, 0.25) is 0 Å². The zero-order valence-corrected chi connectivity index (χ0v) is 13.7. The van der Waals surface area contributed by atoms with Crippen molar-refractivity contribution in [1.29, 1.82) is 0 Å². The molecule has 0 aromatic heterocycles. The summed E-state index contributed by atoms with van der Waals surface area (Å²) in [4.78, 5) is 20.7. The molecule has 0 fully saturated rings. The van der Waals surface area contributed by atoms with Crippen molar-refractivity contribution in [3.8, 4) is 16.9 Å². The number of carboxylic acid groups (broad SMARTS) is 1. The number of nitro benzene ring substituents is 1. The second-order valence-electron chi connectivity index (χ2n) is 3.82. The van der Waals surface area contributed by atoms with Gasteiger partial charge in [0.1, 0.15) is 0 Å². The summed E-state index contributed by atoms with van der Waals surface area (Å²) in [6.45, 7) is 0. The molecule has 0 spiro atoms. The minimum Gasteiger partial charge on any atom is -0.872 e. The van der Waals surface area contributed by atoms with E-state index in [1.54, 1.807) is 0 Å². The summed E-state index contributed by atoms with van der Waals surface area (Å²) >= 11 is 0. The van der Waals surface area contributed by atoms with Gasteiger partial charge >= 0.3 is 57.4 Å². The van der Waals surface area contributed by atoms with Crippen molar-refractivity contribution in [2.75, 3.05) is 0 Å². The van der Waals surface area contributed by atoms with Gasteiger partial charge in [0.2, 0.25) is 0 Å². The van der Waals surface area contributed by atoms with Gasteiger partial charge in [0.15, 0.2) is 0 Å². The fourth-order valence-corrected chi connectivity index (χ4v) is 1.65. The van der Waals surface area contributed by atoms with E-state index in [1.165, 1.54) is 42.5 Å². The number of hydrogen-bond donors (Lipinski definition) is 1. The van der Waals surface area contributed by atoms with Crippen LogP contribution < -0.4 is 56.5 Å². The molecule has 0 saturated heterocycles. The van der Waals surface area contributed by atoms with E-state index in [0.29, 0.717) is 11.1 Å². The molecule has 0 unspecified atom stereocenters. The van der Waals surface area contributed by atoms with Gasteiger partial charge in [-0.15, -0.1) is 0 Å². The standard InChI is InChI=1S/C13H9NO5.K/c15-12-7-9(3-6-11(12)13(16)17)8-1-4-10(5-2-8)14(18)19;/h1-7,15H,(H,16,17);/q;+1/p-1. The van der Waals surface area contributed by atoms with E-state index in [-0.39, 0.29) is 62.6 Å². The molecule has 96 valence electrons. The van der Waals surface area contributed by atoms with Crippen LogP contribution in [-0.4, -0.2) is 16.0 Å². The van der Waals surface area contributed by atoms with E-state index in [1.807, 2.05) is 0 Å². The van der Waals surface area contributed by atoms with E-state index in [9.17, 15) is 20.0 Å². The average molecular weight is 297 g/mol. The van der Waals surface area contributed by atoms with E-state index in [4.69, 9.17) is 5.11 Å². The van der Waals surface area contributed by atoms with Crippen LogP contribution in [0.3, 0.4) is 0 Å². The maximum atomic E-state index is 11.5. The van der Waals surface area contributed by atoms with Crippen molar-refractivity contribution in [2.45, 2.75) is 0 Å². The van der Waals surface area contributed by atoms with Gasteiger partial charge in [-0.2, -0.15) is 0 Å². The Bertz CT molecular complexity index is 654. The minimum atomic E-state index is -1.28. The summed E-state index contributed by atoms with van der Waals surface area (Å²) < 4.78 is 0. The zero-order chi connectivity index (χ0) is 14.0. The second kappa shape index (κ2) is 6.96. The first-order chi connectivity index (χ1) is 8.99. The molecule has 0 heterocycles. The summed E-state index contributed by atoms with van der Waals surface area (Å²) in [6.07, 6.45) is 0. The number of carboxylic acids is 1. The molecule has 0 radical (unpaired) electrons. The number of aromatic carboxylic acids is 1. The molecular weight excluding hydrogens is 289 g/mol. The van der Waals surface area contributed by atoms with Crippen molar-refractivity contribution in [2.24, 2.45) is 0 Å². The van der Waals surface area contributed by atoms with Gasteiger partial charge in [-0.1, -0.05) is 17.9 Å². The summed E-state index contributed by atoms with van der Waals surface area (Å²) in [6, 6.07) is 9.58. The Labute approximate surface area is 156 Å². The third-order valence-corrected chi connectivity index (χ3v) is 2.62. The number of carbonyl (C=O) groups is 1. The van der Waals surface area contributed by atoms with Gasteiger partial charge in [-0.25, -0.2) is 4.79 Å².